The standard InChI is InChI=1S/C20H29N3O6/c1-13(18(26)23-16-10-8-15(9-11-16)22-14(2)24)28-17(25)7-6-12-21-19(27)29-20(3,4)5/h8-11,13H,6-7,12H2,1-5H3,(H,21,27)(H,22,24)(H,23,26)/t13-/m0/s1. The first-order valence-electron chi connectivity index (χ1n) is 9.31. The lowest BCUT2D eigenvalue weighted by atomic mass is 10.2. The van der Waals surface area contributed by atoms with Crippen molar-refractivity contribution in [1.82, 2.24) is 5.32 Å². The Morgan fingerprint density at radius 3 is 2.07 bits per heavy atom. The second-order valence-electron chi connectivity index (χ2n) is 7.41. The Balaban J connectivity index is 2.32. The van der Waals surface area contributed by atoms with Crippen molar-refractivity contribution in [2.45, 2.75) is 59.2 Å². The highest BCUT2D eigenvalue weighted by Gasteiger charge is 2.18. The van der Waals surface area contributed by atoms with Crippen LogP contribution in [0.15, 0.2) is 24.3 Å². The molecule has 0 fully saturated rings. The number of esters is 1. The van der Waals surface area contributed by atoms with Crippen LogP contribution >= 0.6 is 0 Å². The smallest absolute Gasteiger partial charge is 0.407 e. The quantitative estimate of drug-likeness (QED) is 0.450. The monoisotopic (exact) mass is 407 g/mol. The van der Waals surface area contributed by atoms with E-state index in [1.165, 1.54) is 13.8 Å². The van der Waals surface area contributed by atoms with Gasteiger partial charge in [-0.3, -0.25) is 14.4 Å². The first-order valence-corrected chi connectivity index (χ1v) is 9.31. The second kappa shape index (κ2) is 11.0. The van der Waals surface area contributed by atoms with Crippen molar-refractivity contribution in [2.75, 3.05) is 17.2 Å². The van der Waals surface area contributed by atoms with Gasteiger partial charge in [0.05, 0.1) is 0 Å². The Kier molecular flexibility index (Phi) is 9.11. The molecule has 160 valence electrons. The molecular formula is C20H29N3O6. The third-order valence-electron chi connectivity index (χ3n) is 3.38. The lowest BCUT2D eigenvalue weighted by Crippen LogP contribution is -2.33. The fraction of sp³-hybridized carbons (Fsp3) is 0.500. The van der Waals surface area contributed by atoms with E-state index >= 15 is 0 Å². The summed E-state index contributed by atoms with van der Waals surface area (Å²) < 4.78 is 10.2. The molecule has 0 bridgehead atoms. The molecule has 0 unspecified atom stereocenters. The van der Waals surface area contributed by atoms with Crippen LogP contribution in [-0.2, 0) is 23.9 Å². The third-order valence-corrected chi connectivity index (χ3v) is 3.38. The summed E-state index contributed by atoms with van der Waals surface area (Å²) >= 11 is 0. The first kappa shape index (κ1) is 23.9. The van der Waals surface area contributed by atoms with Crippen LogP contribution in [0.4, 0.5) is 16.2 Å². The van der Waals surface area contributed by atoms with E-state index in [0.717, 1.165) is 0 Å². The van der Waals surface area contributed by atoms with Crippen molar-refractivity contribution >= 4 is 35.3 Å². The van der Waals surface area contributed by atoms with Gasteiger partial charge in [-0.25, -0.2) is 4.79 Å². The van der Waals surface area contributed by atoms with Crippen LogP contribution in [0.3, 0.4) is 0 Å². The van der Waals surface area contributed by atoms with Crippen LogP contribution in [0.2, 0.25) is 0 Å². The van der Waals surface area contributed by atoms with E-state index in [-0.39, 0.29) is 18.9 Å². The number of alkyl carbamates (subject to hydrolysis) is 1. The average Bonchev–Trinajstić information content (AvgIpc) is 2.58. The molecule has 0 saturated carbocycles. The maximum absolute atomic E-state index is 12.1. The molecule has 29 heavy (non-hydrogen) atoms. The fourth-order valence-electron chi connectivity index (χ4n) is 2.13. The summed E-state index contributed by atoms with van der Waals surface area (Å²) in [6.45, 7) is 8.40. The van der Waals surface area contributed by atoms with Gasteiger partial charge in [0.15, 0.2) is 6.10 Å². The predicted molar refractivity (Wildman–Crippen MR) is 108 cm³/mol. The summed E-state index contributed by atoms with van der Waals surface area (Å²) in [6, 6.07) is 6.54. The lowest BCUT2D eigenvalue weighted by Gasteiger charge is -2.19. The van der Waals surface area contributed by atoms with Crippen molar-refractivity contribution in [2.24, 2.45) is 0 Å². The summed E-state index contributed by atoms with van der Waals surface area (Å²) in [4.78, 5) is 46.5. The van der Waals surface area contributed by atoms with E-state index in [4.69, 9.17) is 9.47 Å². The zero-order valence-corrected chi connectivity index (χ0v) is 17.5. The summed E-state index contributed by atoms with van der Waals surface area (Å²) in [5, 5.41) is 7.80. The summed E-state index contributed by atoms with van der Waals surface area (Å²) in [5.74, 6) is -1.21. The highest BCUT2D eigenvalue weighted by Crippen LogP contribution is 2.14. The van der Waals surface area contributed by atoms with E-state index in [0.29, 0.717) is 17.8 Å². The van der Waals surface area contributed by atoms with Crippen molar-refractivity contribution in [3.05, 3.63) is 24.3 Å². The van der Waals surface area contributed by atoms with Gasteiger partial charge in [-0.05, 0) is 58.4 Å². The normalized spacial score (nSPS) is 11.8. The molecule has 1 aromatic carbocycles. The van der Waals surface area contributed by atoms with Crippen LogP contribution in [-0.4, -0.2) is 42.1 Å². The second-order valence-corrected chi connectivity index (χ2v) is 7.41. The van der Waals surface area contributed by atoms with E-state index in [1.807, 2.05) is 0 Å². The molecule has 0 aromatic heterocycles. The van der Waals surface area contributed by atoms with Crippen LogP contribution < -0.4 is 16.0 Å². The molecule has 0 spiro atoms. The molecule has 1 atom stereocenters. The number of carbonyl (C=O) groups excluding carboxylic acids is 4. The van der Waals surface area contributed by atoms with Gasteiger partial charge >= 0.3 is 12.1 Å². The first-order chi connectivity index (χ1) is 13.5. The number of carbonyl (C=O) groups is 4. The van der Waals surface area contributed by atoms with E-state index in [2.05, 4.69) is 16.0 Å². The van der Waals surface area contributed by atoms with Gasteiger partial charge in [0.1, 0.15) is 5.60 Å². The number of amides is 3. The van der Waals surface area contributed by atoms with Crippen LogP contribution in [0.25, 0.3) is 0 Å². The van der Waals surface area contributed by atoms with Gasteiger partial charge < -0.3 is 25.4 Å². The van der Waals surface area contributed by atoms with E-state index in [1.54, 1.807) is 45.0 Å². The Morgan fingerprint density at radius 1 is 1.00 bits per heavy atom. The Bertz CT molecular complexity index is 725. The van der Waals surface area contributed by atoms with E-state index in [9.17, 15) is 19.2 Å². The molecule has 0 aliphatic rings. The van der Waals surface area contributed by atoms with Crippen LogP contribution in [0.5, 0.6) is 0 Å². The summed E-state index contributed by atoms with van der Waals surface area (Å²) in [5.41, 5.74) is 0.527. The predicted octanol–water partition coefficient (Wildman–Crippen LogP) is 2.82. The van der Waals surface area contributed by atoms with Crippen LogP contribution in [0, 0.1) is 0 Å². The number of ether oxygens (including phenoxy) is 2. The van der Waals surface area contributed by atoms with E-state index < -0.39 is 29.7 Å². The molecular weight excluding hydrogens is 378 g/mol. The Morgan fingerprint density at radius 2 is 1.55 bits per heavy atom. The Hall–Kier alpha value is -3.10. The van der Waals surface area contributed by atoms with Crippen molar-refractivity contribution < 1.29 is 28.7 Å². The molecule has 1 rings (SSSR count). The van der Waals surface area contributed by atoms with Crippen molar-refractivity contribution in [3.8, 4) is 0 Å². The van der Waals surface area contributed by atoms with Gasteiger partial charge in [0, 0.05) is 31.3 Å². The van der Waals surface area contributed by atoms with Gasteiger partial charge in [0.2, 0.25) is 5.91 Å². The fourth-order valence-corrected chi connectivity index (χ4v) is 2.13. The zero-order chi connectivity index (χ0) is 22.0. The number of anilines is 2. The molecule has 9 heteroatoms. The van der Waals surface area contributed by atoms with Gasteiger partial charge in [-0.15, -0.1) is 0 Å². The number of hydrogen-bond donors (Lipinski definition) is 3. The van der Waals surface area contributed by atoms with Crippen molar-refractivity contribution in [1.29, 1.82) is 0 Å². The highest BCUT2D eigenvalue weighted by atomic mass is 16.6. The minimum absolute atomic E-state index is 0.0544. The largest absolute Gasteiger partial charge is 0.453 e. The molecule has 1 aromatic rings. The summed E-state index contributed by atoms with van der Waals surface area (Å²) in [6.07, 6.45) is -1.12. The van der Waals surface area contributed by atoms with Gasteiger partial charge in [-0.1, -0.05) is 0 Å². The maximum atomic E-state index is 12.1. The molecule has 3 amide bonds. The van der Waals surface area contributed by atoms with Gasteiger partial charge in [0.25, 0.3) is 5.91 Å². The SMILES string of the molecule is CC(=O)Nc1ccc(NC(=O)[C@H](C)OC(=O)CCCNC(=O)OC(C)(C)C)cc1. The molecule has 0 heterocycles. The molecule has 0 aliphatic carbocycles. The number of hydrogen-bond acceptors (Lipinski definition) is 6. The third kappa shape index (κ3) is 10.7. The van der Waals surface area contributed by atoms with Crippen molar-refractivity contribution in [3.63, 3.8) is 0 Å². The number of benzene rings is 1. The molecule has 0 aliphatic heterocycles. The number of rotatable bonds is 8. The maximum Gasteiger partial charge on any atom is 0.407 e. The molecule has 0 radical (unpaired) electrons. The Labute approximate surface area is 170 Å². The molecule has 0 saturated heterocycles. The molecule has 9 nitrogen and oxygen atoms in total. The highest BCUT2D eigenvalue weighted by molar-refractivity contribution is 5.95. The minimum Gasteiger partial charge on any atom is -0.453 e. The minimum atomic E-state index is -0.976. The molecule has 3 N–H and O–H groups in total. The lowest BCUT2D eigenvalue weighted by molar-refractivity contribution is -0.153. The average molecular weight is 407 g/mol. The van der Waals surface area contributed by atoms with Crippen LogP contribution in [0.1, 0.15) is 47.5 Å². The topological polar surface area (TPSA) is 123 Å². The summed E-state index contributed by atoms with van der Waals surface area (Å²) in [7, 11) is 0. The zero-order valence-electron chi connectivity index (χ0n) is 17.5. The number of nitrogens with one attached hydrogen (secondary N) is 3. The van der Waals surface area contributed by atoms with Gasteiger partial charge in [-0.2, -0.15) is 0 Å².